The van der Waals surface area contributed by atoms with Gasteiger partial charge in [-0.1, -0.05) is 29.4 Å². The van der Waals surface area contributed by atoms with E-state index < -0.39 is 10.0 Å². The lowest BCUT2D eigenvalue weighted by Crippen LogP contribution is -1.97. The highest BCUT2D eigenvalue weighted by Crippen LogP contribution is 2.27. The number of hydrogen-bond acceptors (Lipinski definition) is 3. The van der Waals surface area contributed by atoms with E-state index in [1.165, 1.54) is 42.6 Å². The van der Waals surface area contributed by atoms with Gasteiger partial charge in [0.1, 0.15) is 0 Å². The molecule has 4 nitrogen and oxygen atoms in total. The van der Waals surface area contributed by atoms with Gasteiger partial charge < -0.3 is 9.71 Å². The van der Waals surface area contributed by atoms with Crippen molar-refractivity contribution in [2.75, 3.05) is 0 Å². The molecular formula is C11H7Cl2N2O2S-. The molecule has 7 heteroatoms. The number of hydrogen-bond donors (Lipinski definition) is 0. The molecule has 0 amide bonds. The molecule has 0 atom stereocenters. The standard InChI is InChI=1S/C11H7Cl2N2O2S/c12-8-1-3-10(4-2-8)18(16,17)15-11-7-9(13)5-6-14-11/h1-7H/q-1. The van der Waals surface area contributed by atoms with Crippen LogP contribution in [0.2, 0.25) is 10.0 Å². The lowest BCUT2D eigenvalue weighted by molar-refractivity contribution is 0.603. The van der Waals surface area contributed by atoms with Crippen molar-refractivity contribution in [3.8, 4) is 0 Å². The van der Waals surface area contributed by atoms with Crippen molar-refractivity contribution in [2.24, 2.45) is 0 Å². The molecule has 0 fully saturated rings. The zero-order valence-electron chi connectivity index (χ0n) is 8.92. The van der Waals surface area contributed by atoms with E-state index >= 15 is 0 Å². The molecule has 0 spiro atoms. The van der Waals surface area contributed by atoms with Crippen molar-refractivity contribution in [1.82, 2.24) is 4.98 Å². The molecule has 2 aromatic rings. The maximum Gasteiger partial charge on any atom is 0.202 e. The average Bonchev–Trinajstić information content (AvgIpc) is 2.29. The second-order valence-corrected chi connectivity index (χ2v) is 5.83. The number of benzene rings is 1. The van der Waals surface area contributed by atoms with Gasteiger partial charge >= 0.3 is 0 Å². The minimum atomic E-state index is -3.80. The first-order chi connectivity index (χ1) is 8.47. The summed E-state index contributed by atoms with van der Waals surface area (Å²) in [6, 6.07) is 8.63. The third-order valence-electron chi connectivity index (χ3n) is 2.03. The van der Waals surface area contributed by atoms with Gasteiger partial charge in [-0.15, -0.1) is 0 Å². The van der Waals surface area contributed by atoms with Gasteiger partial charge in [0.2, 0.25) is 10.0 Å². The normalized spacial score (nSPS) is 11.2. The molecule has 2 rings (SSSR count). The summed E-state index contributed by atoms with van der Waals surface area (Å²) in [6.45, 7) is 0. The van der Waals surface area contributed by atoms with Crippen molar-refractivity contribution in [1.29, 1.82) is 0 Å². The number of nitrogens with zero attached hydrogens (tertiary/aromatic N) is 2. The molecule has 1 aromatic heterocycles. The van der Waals surface area contributed by atoms with Crippen LogP contribution in [-0.2, 0) is 10.0 Å². The van der Waals surface area contributed by atoms with Crippen molar-refractivity contribution in [3.05, 3.63) is 57.4 Å². The Bertz CT molecular complexity index is 657. The van der Waals surface area contributed by atoms with Crippen molar-refractivity contribution in [3.63, 3.8) is 0 Å². The number of sulfonamides is 1. The number of halogens is 2. The Morgan fingerprint density at radius 2 is 1.67 bits per heavy atom. The lowest BCUT2D eigenvalue weighted by atomic mass is 10.4. The summed E-state index contributed by atoms with van der Waals surface area (Å²) < 4.78 is 27.4. The van der Waals surface area contributed by atoms with Crippen molar-refractivity contribution >= 4 is 39.0 Å². The van der Waals surface area contributed by atoms with Gasteiger partial charge in [-0.25, -0.2) is 8.42 Å². The topological polar surface area (TPSA) is 61.1 Å². The summed E-state index contributed by atoms with van der Waals surface area (Å²) >= 11 is 11.4. The van der Waals surface area contributed by atoms with Crippen LogP contribution in [-0.4, -0.2) is 13.4 Å². The van der Waals surface area contributed by atoms with E-state index in [1.807, 2.05) is 0 Å². The van der Waals surface area contributed by atoms with Gasteiger partial charge in [0.25, 0.3) is 0 Å². The molecule has 0 aliphatic heterocycles. The van der Waals surface area contributed by atoms with Crippen molar-refractivity contribution in [2.45, 2.75) is 4.90 Å². The summed E-state index contributed by atoms with van der Waals surface area (Å²) in [5, 5.41) is 0.824. The molecule has 0 saturated carbocycles. The first kappa shape index (κ1) is 13.1. The minimum Gasteiger partial charge on any atom is -0.442 e. The molecule has 1 heterocycles. The Morgan fingerprint density at radius 3 is 2.28 bits per heavy atom. The molecule has 0 aliphatic carbocycles. The van der Waals surface area contributed by atoms with Crippen molar-refractivity contribution < 1.29 is 8.42 Å². The lowest BCUT2D eigenvalue weighted by Gasteiger charge is -2.15. The smallest absolute Gasteiger partial charge is 0.202 e. The van der Waals surface area contributed by atoms with Gasteiger partial charge in [-0.05, 0) is 42.2 Å². The Kier molecular flexibility index (Phi) is 3.75. The highest BCUT2D eigenvalue weighted by molar-refractivity contribution is 7.94. The third-order valence-corrected chi connectivity index (χ3v) is 3.82. The van der Waals surface area contributed by atoms with E-state index in [2.05, 4.69) is 9.71 Å². The van der Waals surface area contributed by atoms with Crippen LogP contribution in [0, 0.1) is 0 Å². The largest absolute Gasteiger partial charge is 0.442 e. The van der Waals surface area contributed by atoms with Gasteiger partial charge in [0.05, 0.1) is 4.90 Å². The first-order valence-electron chi connectivity index (χ1n) is 4.82. The number of pyridine rings is 1. The Balaban J connectivity index is 2.30. The van der Waals surface area contributed by atoms with Gasteiger partial charge in [0, 0.05) is 10.0 Å². The molecule has 0 radical (unpaired) electrons. The number of aromatic nitrogens is 1. The summed E-state index contributed by atoms with van der Waals surface area (Å²) in [5.41, 5.74) is 0. The molecule has 0 unspecified atom stereocenters. The SMILES string of the molecule is O=S(=O)([N-]c1cc(Cl)ccn1)c1ccc(Cl)cc1. The van der Waals surface area contributed by atoms with Crippen LogP contribution < -0.4 is 0 Å². The highest BCUT2D eigenvalue weighted by Gasteiger charge is 2.09. The second kappa shape index (κ2) is 5.14. The minimum absolute atomic E-state index is 0.0393. The fraction of sp³-hybridized carbons (Fsp3) is 0. The average molecular weight is 302 g/mol. The molecular weight excluding hydrogens is 295 g/mol. The molecule has 94 valence electrons. The molecule has 0 N–H and O–H groups in total. The van der Waals surface area contributed by atoms with Crippen LogP contribution in [0.5, 0.6) is 0 Å². The van der Waals surface area contributed by atoms with E-state index in [1.54, 1.807) is 0 Å². The van der Waals surface area contributed by atoms with Crippen LogP contribution in [0.25, 0.3) is 4.72 Å². The summed E-state index contributed by atoms with van der Waals surface area (Å²) in [6.07, 6.45) is 1.39. The predicted octanol–water partition coefficient (Wildman–Crippen LogP) is 3.78. The van der Waals surface area contributed by atoms with Gasteiger partial charge in [-0.3, -0.25) is 0 Å². The van der Waals surface area contributed by atoms with Gasteiger partial charge in [0.15, 0.2) is 0 Å². The Hall–Kier alpha value is -1.30. The van der Waals surface area contributed by atoms with Crippen LogP contribution in [0.4, 0.5) is 5.82 Å². The maximum atomic E-state index is 11.9. The quantitative estimate of drug-likeness (QED) is 0.866. The summed E-state index contributed by atoms with van der Waals surface area (Å²) in [7, 11) is -3.80. The zero-order chi connectivity index (χ0) is 13.2. The summed E-state index contributed by atoms with van der Waals surface area (Å²) in [5.74, 6) is 0.0393. The second-order valence-electron chi connectivity index (χ2n) is 3.35. The zero-order valence-corrected chi connectivity index (χ0v) is 11.2. The predicted molar refractivity (Wildman–Crippen MR) is 70.9 cm³/mol. The number of rotatable bonds is 3. The van der Waals surface area contributed by atoms with Crippen LogP contribution >= 0.6 is 23.2 Å². The van der Waals surface area contributed by atoms with E-state index in [-0.39, 0.29) is 10.7 Å². The highest BCUT2D eigenvalue weighted by atomic mass is 35.5. The Morgan fingerprint density at radius 1 is 1.00 bits per heavy atom. The monoisotopic (exact) mass is 301 g/mol. The first-order valence-corrected chi connectivity index (χ1v) is 7.02. The maximum absolute atomic E-state index is 11.9. The summed E-state index contributed by atoms with van der Waals surface area (Å²) in [4.78, 5) is 3.86. The Labute approximate surface area is 115 Å². The molecule has 0 saturated heterocycles. The van der Waals surface area contributed by atoms with Gasteiger partial charge in [-0.2, -0.15) is 0 Å². The third kappa shape index (κ3) is 3.13. The van der Waals surface area contributed by atoms with Crippen LogP contribution in [0.15, 0.2) is 47.5 Å². The van der Waals surface area contributed by atoms with Crippen LogP contribution in [0.1, 0.15) is 0 Å². The molecule has 0 bridgehead atoms. The van der Waals surface area contributed by atoms with E-state index in [0.29, 0.717) is 10.0 Å². The van der Waals surface area contributed by atoms with Crippen LogP contribution in [0.3, 0.4) is 0 Å². The molecule has 0 aliphatic rings. The molecule has 18 heavy (non-hydrogen) atoms. The van der Waals surface area contributed by atoms with E-state index in [9.17, 15) is 8.42 Å². The van der Waals surface area contributed by atoms with E-state index in [0.717, 1.165) is 0 Å². The fourth-order valence-corrected chi connectivity index (χ4v) is 2.44. The van der Waals surface area contributed by atoms with E-state index in [4.69, 9.17) is 23.2 Å². The fourth-order valence-electron chi connectivity index (χ4n) is 1.23. The molecule has 1 aromatic carbocycles.